The van der Waals surface area contributed by atoms with E-state index >= 15 is 0 Å². The van der Waals surface area contributed by atoms with Gasteiger partial charge in [-0.2, -0.15) is 0 Å². The fraction of sp³-hybridized carbons (Fsp3) is 0.125. The van der Waals surface area contributed by atoms with Gasteiger partial charge in [0.25, 0.3) is 0 Å². The van der Waals surface area contributed by atoms with Crippen molar-refractivity contribution < 1.29 is 4.74 Å². The molecule has 0 spiro atoms. The molecule has 0 saturated carbocycles. The maximum Gasteiger partial charge on any atom is 0.216 e. The highest BCUT2D eigenvalue weighted by molar-refractivity contribution is 5.46. The van der Waals surface area contributed by atoms with E-state index in [1.54, 1.807) is 12.1 Å². The first kappa shape index (κ1) is 7.42. The third-order valence-corrected chi connectivity index (χ3v) is 1.18. The van der Waals surface area contributed by atoms with Crippen molar-refractivity contribution in [3.63, 3.8) is 0 Å². The number of rotatable bonds is 1. The largest absolute Gasteiger partial charge is 0.481 e. The highest BCUT2D eigenvalue weighted by atomic mass is 16.5. The summed E-state index contributed by atoms with van der Waals surface area (Å²) in [6.45, 7) is 0. The Morgan fingerprint density at radius 1 is 1.64 bits per heavy atom. The predicted octanol–water partition coefficient (Wildman–Crippen LogP) is 0.654. The molecule has 3 heteroatoms. The molecular weight excluding hydrogens is 140 g/mol. The Kier molecular flexibility index (Phi) is 1.98. The topological polar surface area (TPSA) is 48.1 Å². The fourth-order valence-corrected chi connectivity index (χ4v) is 0.704. The highest BCUT2D eigenvalue weighted by Crippen LogP contribution is 2.12. The summed E-state index contributed by atoms with van der Waals surface area (Å²) in [5.41, 5.74) is 6.54. The summed E-state index contributed by atoms with van der Waals surface area (Å²) in [6.07, 6.45) is 5.12. The van der Waals surface area contributed by atoms with Crippen LogP contribution in [0.3, 0.4) is 0 Å². The fourth-order valence-electron chi connectivity index (χ4n) is 0.704. The van der Waals surface area contributed by atoms with Gasteiger partial charge in [-0.25, -0.2) is 4.98 Å². The Balaban J connectivity index is 3.15. The van der Waals surface area contributed by atoms with Gasteiger partial charge in [-0.1, -0.05) is 5.92 Å². The molecule has 56 valence electrons. The van der Waals surface area contributed by atoms with Gasteiger partial charge in [0.05, 0.1) is 7.11 Å². The predicted molar refractivity (Wildman–Crippen MR) is 43.1 cm³/mol. The quantitative estimate of drug-likeness (QED) is 0.595. The number of hydrogen-bond donors (Lipinski definition) is 1. The molecule has 1 aromatic rings. The lowest BCUT2D eigenvalue weighted by Crippen LogP contribution is -1.93. The maximum absolute atomic E-state index is 5.50. The van der Waals surface area contributed by atoms with Crippen LogP contribution in [0.1, 0.15) is 5.69 Å². The normalized spacial score (nSPS) is 8.73. The molecule has 0 aromatic carbocycles. The van der Waals surface area contributed by atoms with Gasteiger partial charge in [0.15, 0.2) is 0 Å². The molecule has 1 heterocycles. The van der Waals surface area contributed by atoms with Crippen LogP contribution in [0, 0.1) is 12.3 Å². The van der Waals surface area contributed by atoms with Crippen LogP contribution in [0.15, 0.2) is 12.1 Å². The molecule has 3 nitrogen and oxygen atoms in total. The van der Waals surface area contributed by atoms with Crippen molar-refractivity contribution in [1.82, 2.24) is 4.98 Å². The first-order chi connectivity index (χ1) is 5.26. The number of nitrogens with zero attached hydrogens (tertiary/aromatic N) is 1. The first-order valence-electron chi connectivity index (χ1n) is 3.04. The third kappa shape index (κ3) is 1.62. The zero-order valence-electron chi connectivity index (χ0n) is 6.16. The SMILES string of the molecule is C#Cc1cc(N)cc(OC)n1. The summed E-state index contributed by atoms with van der Waals surface area (Å²) >= 11 is 0. The van der Waals surface area contributed by atoms with Crippen LogP contribution < -0.4 is 10.5 Å². The average Bonchev–Trinajstić information content (AvgIpc) is 2.03. The second kappa shape index (κ2) is 2.93. The summed E-state index contributed by atoms with van der Waals surface area (Å²) in [6, 6.07) is 3.23. The Labute approximate surface area is 65.2 Å². The van der Waals surface area contributed by atoms with Crippen molar-refractivity contribution in [3.05, 3.63) is 17.8 Å². The molecule has 1 rings (SSSR count). The summed E-state index contributed by atoms with van der Waals surface area (Å²) in [4.78, 5) is 3.93. The van der Waals surface area contributed by atoms with Gasteiger partial charge in [-0.3, -0.25) is 0 Å². The van der Waals surface area contributed by atoms with Gasteiger partial charge in [0.1, 0.15) is 5.69 Å². The number of nitrogen functional groups attached to an aromatic ring is 1. The summed E-state index contributed by atoms with van der Waals surface area (Å²) in [5, 5.41) is 0. The van der Waals surface area contributed by atoms with Crippen molar-refractivity contribution in [3.8, 4) is 18.2 Å². The van der Waals surface area contributed by atoms with Gasteiger partial charge in [0, 0.05) is 11.8 Å². The van der Waals surface area contributed by atoms with Crippen LogP contribution in [0.5, 0.6) is 5.88 Å². The molecule has 0 aliphatic heterocycles. The van der Waals surface area contributed by atoms with Crippen molar-refractivity contribution in [2.75, 3.05) is 12.8 Å². The molecule has 1 aromatic heterocycles. The molecule has 0 bridgehead atoms. The van der Waals surface area contributed by atoms with Crippen LogP contribution in [-0.4, -0.2) is 12.1 Å². The minimum Gasteiger partial charge on any atom is -0.481 e. The smallest absolute Gasteiger partial charge is 0.216 e. The summed E-state index contributed by atoms with van der Waals surface area (Å²) in [7, 11) is 1.52. The van der Waals surface area contributed by atoms with Crippen LogP contribution in [0.4, 0.5) is 5.69 Å². The van der Waals surface area contributed by atoms with Gasteiger partial charge in [-0.15, -0.1) is 6.42 Å². The van der Waals surface area contributed by atoms with Crippen molar-refractivity contribution in [2.24, 2.45) is 0 Å². The number of ether oxygens (including phenoxy) is 1. The number of nitrogens with two attached hydrogens (primary N) is 1. The van der Waals surface area contributed by atoms with E-state index in [-0.39, 0.29) is 0 Å². The lowest BCUT2D eigenvalue weighted by atomic mass is 10.3. The average molecular weight is 148 g/mol. The zero-order chi connectivity index (χ0) is 8.27. The molecule has 11 heavy (non-hydrogen) atoms. The first-order valence-corrected chi connectivity index (χ1v) is 3.04. The van der Waals surface area contributed by atoms with Crippen molar-refractivity contribution in [2.45, 2.75) is 0 Å². The lowest BCUT2D eigenvalue weighted by Gasteiger charge is -1.99. The Hall–Kier alpha value is -1.69. The molecule has 0 amide bonds. The lowest BCUT2D eigenvalue weighted by molar-refractivity contribution is 0.398. The molecular formula is C8H8N2O. The molecule has 0 fully saturated rings. The highest BCUT2D eigenvalue weighted by Gasteiger charge is 1.96. The Bertz CT molecular complexity index is 301. The van der Waals surface area contributed by atoms with Gasteiger partial charge in [-0.05, 0) is 6.07 Å². The van der Waals surface area contributed by atoms with E-state index in [0.29, 0.717) is 17.3 Å². The standard InChI is InChI=1S/C8H8N2O/c1-3-7-4-6(9)5-8(10-7)11-2/h1,4-5H,2H3,(H2,9,10). The number of methoxy groups -OCH3 is 1. The second-order valence-corrected chi connectivity index (χ2v) is 1.97. The van der Waals surface area contributed by atoms with Crippen LogP contribution in [0.25, 0.3) is 0 Å². The number of aromatic nitrogens is 1. The summed E-state index contributed by atoms with van der Waals surface area (Å²) in [5.74, 6) is 2.81. The maximum atomic E-state index is 5.50. The molecule has 0 saturated heterocycles. The Morgan fingerprint density at radius 3 is 2.91 bits per heavy atom. The monoisotopic (exact) mass is 148 g/mol. The number of terminal acetylenes is 1. The molecule has 0 radical (unpaired) electrons. The zero-order valence-corrected chi connectivity index (χ0v) is 6.16. The number of anilines is 1. The minimum absolute atomic E-state index is 0.443. The van der Waals surface area contributed by atoms with Gasteiger partial charge >= 0.3 is 0 Å². The van der Waals surface area contributed by atoms with Crippen molar-refractivity contribution in [1.29, 1.82) is 0 Å². The second-order valence-electron chi connectivity index (χ2n) is 1.97. The molecule has 0 unspecified atom stereocenters. The van der Waals surface area contributed by atoms with E-state index < -0.39 is 0 Å². The van der Waals surface area contributed by atoms with E-state index in [2.05, 4.69) is 10.9 Å². The summed E-state index contributed by atoms with van der Waals surface area (Å²) < 4.78 is 4.85. The molecule has 0 aliphatic carbocycles. The molecule has 2 N–H and O–H groups in total. The Morgan fingerprint density at radius 2 is 2.36 bits per heavy atom. The van der Waals surface area contributed by atoms with Crippen LogP contribution in [-0.2, 0) is 0 Å². The van der Waals surface area contributed by atoms with Crippen LogP contribution >= 0.6 is 0 Å². The molecule has 0 atom stereocenters. The van der Waals surface area contributed by atoms with E-state index in [1.807, 2.05) is 0 Å². The number of hydrogen-bond acceptors (Lipinski definition) is 3. The minimum atomic E-state index is 0.443. The third-order valence-electron chi connectivity index (χ3n) is 1.18. The van der Waals surface area contributed by atoms with Gasteiger partial charge in [0.2, 0.25) is 5.88 Å². The number of pyridine rings is 1. The van der Waals surface area contributed by atoms with E-state index in [9.17, 15) is 0 Å². The van der Waals surface area contributed by atoms with Crippen LogP contribution in [0.2, 0.25) is 0 Å². The van der Waals surface area contributed by atoms with E-state index in [0.717, 1.165) is 0 Å². The van der Waals surface area contributed by atoms with E-state index in [4.69, 9.17) is 16.9 Å². The van der Waals surface area contributed by atoms with Gasteiger partial charge < -0.3 is 10.5 Å². The van der Waals surface area contributed by atoms with Crippen molar-refractivity contribution >= 4 is 5.69 Å². The van der Waals surface area contributed by atoms with E-state index in [1.165, 1.54) is 7.11 Å². The molecule has 0 aliphatic rings.